The summed E-state index contributed by atoms with van der Waals surface area (Å²) in [5.74, 6) is -0.339. The van der Waals surface area contributed by atoms with Crippen molar-refractivity contribution in [1.82, 2.24) is 20.8 Å². The van der Waals surface area contributed by atoms with E-state index >= 15 is 0 Å². The van der Waals surface area contributed by atoms with Crippen molar-refractivity contribution in [2.24, 2.45) is 0 Å². The predicted octanol–water partition coefficient (Wildman–Crippen LogP) is 1.28. The molecule has 0 fully saturated rings. The van der Waals surface area contributed by atoms with Crippen LogP contribution in [0.15, 0.2) is 48.7 Å². The number of hydrogen-bond acceptors (Lipinski definition) is 5. The second-order valence-electron chi connectivity index (χ2n) is 4.43. The van der Waals surface area contributed by atoms with Gasteiger partial charge in [0.2, 0.25) is 0 Å². The first kappa shape index (κ1) is 13.3. The van der Waals surface area contributed by atoms with Gasteiger partial charge in [0.05, 0.1) is 17.5 Å². The number of nitrogens with one attached hydrogen (secondary N) is 2. The van der Waals surface area contributed by atoms with E-state index in [0.717, 1.165) is 16.8 Å². The SMILES string of the molecule is O=C(NCCF)c1cncc(C2=CC3=CNON3C=C2)c1. The van der Waals surface area contributed by atoms with Crippen LogP contribution in [-0.4, -0.2) is 29.2 Å². The fourth-order valence-corrected chi connectivity index (χ4v) is 2.00. The van der Waals surface area contributed by atoms with Crippen molar-refractivity contribution >= 4 is 11.5 Å². The number of pyridine rings is 1. The number of carbonyl (C=O) groups is 1. The second-order valence-corrected chi connectivity index (χ2v) is 4.43. The molecule has 0 radical (unpaired) electrons. The van der Waals surface area contributed by atoms with E-state index in [0.29, 0.717) is 5.56 Å². The first-order valence-corrected chi connectivity index (χ1v) is 6.39. The molecule has 21 heavy (non-hydrogen) atoms. The van der Waals surface area contributed by atoms with Crippen LogP contribution in [0.3, 0.4) is 0 Å². The van der Waals surface area contributed by atoms with Crippen molar-refractivity contribution in [3.63, 3.8) is 0 Å². The number of hydroxylamine groups is 3. The molecule has 1 aromatic heterocycles. The first-order chi connectivity index (χ1) is 10.3. The van der Waals surface area contributed by atoms with Crippen molar-refractivity contribution in [3.05, 3.63) is 59.8 Å². The quantitative estimate of drug-likeness (QED) is 0.874. The van der Waals surface area contributed by atoms with E-state index < -0.39 is 6.67 Å². The Morgan fingerprint density at radius 1 is 1.48 bits per heavy atom. The number of allylic oxidation sites excluding steroid dienone is 3. The molecule has 3 rings (SSSR count). The van der Waals surface area contributed by atoms with E-state index in [1.165, 1.54) is 6.20 Å². The Morgan fingerprint density at radius 2 is 2.38 bits per heavy atom. The van der Waals surface area contributed by atoms with Crippen LogP contribution in [-0.2, 0) is 4.94 Å². The first-order valence-electron chi connectivity index (χ1n) is 6.39. The van der Waals surface area contributed by atoms with Crippen molar-refractivity contribution in [3.8, 4) is 0 Å². The molecule has 0 aromatic carbocycles. The summed E-state index contributed by atoms with van der Waals surface area (Å²) >= 11 is 0. The molecule has 0 unspecified atom stereocenters. The molecular weight excluding hydrogens is 275 g/mol. The van der Waals surface area contributed by atoms with Gasteiger partial charge in [-0.05, 0) is 23.8 Å². The molecule has 0 bridgehead atoms. The third-order valence-corrected chi connectivity index (χ3v) is 3.02. The highest BCUT2D eigenvalue weighted by molar-refractivity contribution is 5.95. The van der Waals surface area contributed by atoms with E-state index in [-0.39, 0.29) is 12.5 Å². The van der Waals surface area contributed by atoms with Gasteiger partial charge in [-0.3, -0.25) is 9.78 Å². The summed E-state index contributed by atoms with van der Waals surface area (Å²) in [6.07, 6.45) is 10.4. The average Bonchev–Trinajstić information content (AvgIpc) is 3.00. The topological polar surface area (TPSA) is 66.5 Å². The molecule has 3 heterocycles. The van der Waals surface area contributed by atoms with Gasteiger partial charge >= 0.3 is 0 Å². The number of carbonyl (C=O) groups excluding carboxylic acids is 1. The molecule has 7 heteroatoms. The van der Waals surface area contributed by atoms with Gasteiger partial charge in [-0.15, -0.1) is 0 Å². The monoisotopic (exact) mass is 288 g/mol. The molecule has 6 nitrogen and oxygen atoms in total. The molecule has 0 saturated carbocycles. The lowest BCUT2D eigenvalue weighted by Gasteiger charge is -2.17. The van der Waals surface area contributed by atoms with E-state index in [9.17, 15) is 9.18 Å². The Kier molecular flexibility index (Phi) is 3.65. The highest BCUT2D eigenvalue weighted by Gasteiger charge is 2.17. The van der Waals surface area contributed by atoms with Crippen LogP contribution in [0, 0.1) is 0 Å². The maximum absolute atomic E-state index is 12.1. The molecule has 0 saturated heterocycles. The summed E-state index contributed by atoms with van der Waals surface area (Å²) in [6.45, 7) is -0.597. The van der Waals surface area contributed by atoms with Gasteiger partial charge in [-0.25, -0.2) is 14.9 Å². The Morgan fingerprint density at radius 3 is 3.24 bits per heavy atom. The largest absolute Gasteiger partial charge is 0.349 e. The summed E-state index contributed by atoms with van der Waals surface area (Å²) in [7, 11) is 0. The normalized spacial score (nSPS) is 16.0. The predicted molar refractivity (Wildman–Crippen MR) is 73.8 cm³/mol. The molecule has 0 atom stereocenters. The van der Waals surface area contributed by atoms with Crippen molar-refractivity contribution < 1.29 is 14.1 Å². The number of rotatable bonds is 4. The summed E-state index contributed by atoms with van der Waals surface area (Å²) < 4.78 is 12.1. The molecule has 0 spiro atoms. The van der Waals surface area contributed by atoms with Crippen LogP contribution in [0.4, 0.5) is 4.39 Å². The maximum Gasteiger partial charge on any atom is 0.252 e. The number of aromatic nitrogens is 1. The fourth-order valence-electron chi connectivity index (χ4n) is 2.00. The molecule has 2 N–H and O–H groups in total. The summed E-state index contributed by atoms with van der Waals surface area (Å²) in [5, 5.41) is 4.05. The molecule has 1 aromatic rings. The van der Waals surface area contributed by atoms with Gasteiger partial charge in [0, 0.05) is 30.7 Å². The average molecular weight is 288 g/mol. The number of nitrogens with zero attached hydrogens (tertiary/aromatic N) is 2. The summed E-state index contributed by atoms with van der Waals surface area (Å²) in [4.78, 5) is 21.0. The molecule has 2 aliphatic rings. The van der Waals surface area contributed by atoms with Gasteiger partial charge in [0.15, 0.2) is 0 Å². The van der Waals surface area contributed by atoms with E-state index in [4.69, 9.17) is 4.94 Å². The number of alkyl halides is 1. The minimum Gasteiger partial charge on any atom is -0.349 e. The van der Waals surface area contributed by atoms with E-state index in [2.05, 4.69) is 15.8 Å². The maximum atomic E-state index is 12.1. The Balaban J connectivity index is 1.83. The smallest absolute Gasteiger partial charge is 0.252 e. The zero-order chi connectivity index (χ0) is 14.7. The minimum atomic E-state index is -0.594. The Hall–Kier alpha value is -2.67. The van der Waals surface area contributed by atoms with Crippen LogP contribution >= 0.6 is 0 Å². The molecule has 2 aliphatic heterocycles. The van der Waals surface area contributed by atoms with Gasteiger partial charge in [-0.2, -0.15) is 4.94 Å². The molecular formula is C14H13FN4O2. The van der Waals surface area contributed by atoms with Crippen LogP contribution in [0.2, 0.25) is 0 Å². The van der Waals surface area contributed by atoms with Gasteiger partial charge in [-0.1, -0.05) is 0 Å². The summed E-state index contributed by atoms with van der Waals surface area (Å²) in [6, 6.07) is 1.72. The highest BCUT2D eigenvalue weighted by atomic mass is 19.1. The van der Waals surface area contributed by atoms with Crippen molar-refractivity contribution in [1.29, 1.82) is 0 Å². The number of fused-ring (bicyclic) bond motifs is 1. The highest BCUT2D eigenvalue weighted by Crippen LogP contribution is 2.26. The third-order valence-electron chi connectivity index (χ3n) is 3.02. The molecule has 1 amide bonds. The summed E-state index contributed by atoms with van der Waals surface area (Å²) in [5.41, 5.74) is 5.58. The van der Waals surface area contributed by atoms with Gasteiger partial charge < -0.3 is 5.32 Å². The van der Waals surface area contributed by atoms with Crippen LogP contribution < -0.4 is 10.8 Å². The number of amides is 1. The Labute approximate surface area is 120 Å². The van der Waals surface area contributed by atoms with Gasteiger partial charge in [0.25, 0.3) is 5.91 Å². The lowest BCUT2D eigenvalue weighted by molar-refractivity contribution is -0.112. The molecule has 108 valence electrons. The zero-order valence-electron chi connectivity index (χ0n) is 11.0. The second kappa shape index (κ2) is 5.76. The fraction of sp³-hybridized carbons (Fsp3) is 0.143. The minimum absolute atomic E-state index is 0.00346. The van der Waals surface area contributed by atoms with Crippen molar-refractivity contribution in [2.75, 3.05) is 13.2 Å². The van der Waals surface area contributed by atoms with Crippen LogP contribution in [0.1, 0.15) is 15.9 Å². The Bertz CT molecular complexity index is 654. The third kappa shape index (κ3) is 2.77. The van der Waals surface area contributed by atoms with Crippen LogP contribution in [0.5, 0.6) is 0 Å². The molecule has 0 aliphatic carbocycles. The van der Waals surface area contributed by atoms with Gasteiger partial charge in [0.1, 0.15) is 6.67 Å². The van der Waals surface area contributed by atoms with Crippen LogP contribution in [0.25, 0.3) is 5.57 Å². The lowest BCUT2D eigenvalue weighted by atomic mass is 10.0. The standard InChI is InChI=1S/C14H13FN4O2/c15-2-3-17-14(20)12-5-11(7-16-8-12)10-1-4-19-13(6-10)9-18-21-19/h1,4-9,18H,2-3H2,(H,17,20). The zero-order valence-corrected chi connectivity index (χ0v) is 11.0. The van der Waals surface area contributed by atoms with E-state index in [1.54, 1.807) is 29.7 Å². The lowest BCUT2D eigenvalue weighted by Crippen LogP contribution is -2.25. The van der Waals surface area contributed by atoms with E-state index in [1.807, 2.05) is 12.2 Å². The number of hydrogen-bond donors (Lipinski definition) is 2. The number of halogens is 1. The van der Waals surface area contributed by atoms with Crippen molar-refractivity contribution in [2.45, 2.75) is 0 Å².